The number of carbonyl (C=O) groups is 2. The van der Waals surface area contributed by atoms with Gasteiger partial charge in [-0.1, -0.05) is 0 Å². The molecule has 0 bridgehead atoms. The average molecular weight is 225 g/mol. The lowest BCUT2D eigenvalue weighted by Gasteiger charge is -2.47. The summed E-state index contributed by atoms with van der Waals surface area (Å²) in [5.74, 6) is 0.400. The van der Waals surface area contributed by atoms with Crippen molar-refractivity contribution in [3.63, 3.8) is 0 Å². The van der Waals surface area contributed by atoms with Crippen molar-refractivity contribution in [3.8, 4) is 0 Å². The van der Waals surface area contributed by atoms with Gasteiger partial charge in [-0.25, -0.2) is 4.79 Å². The van der Waals surface area contributed by atoms with E-state index in [4.69, 9.17) is 4.74 Å². The number of Topliss-reactive ketones (excluding diaryl/α,β-unsaturated/α-hetero) is 1. The van der Waals surface area contributed by atoms with Crippen LogP contribution >= 0.6 is 0 Å². The Balaban J connectivity index is 2.00. The fourth-order valence-corrected chi connectivity index (χ4v) is 2.36. The fourth-order valence-electron chi connectivity index (χ4n) is 2.36. The molecule has 0 aromatic carbocycles. The van der Waals surface area contributed by atoms with Crippen LogP contribution in [-0.2, 0) is 9.53 Å². The van der Waals surface area contributed by atoms with Crippen LogP contribution in [0.3, 0.4) is 0 Å². The van der Waals surface area contributed by atoms with E-state index in [1.165, 1.54) is 0 Å². The Bertz CT molecular complexity index is 319. The van der Waals surface area contributed by atoms with Crippen molar-refractivity contribution in [2.75, 3.05) is 6.54 Å². The quantitative estimate of drug-likeness (QED) is 0.633. The molecule has 0 unspecified atom stereocenters. The van der Waals surface area contributed by atoms with Gasteiger partial charge in [-0.3, -0.25) is 4.79 Å². The normalized spacial score (nSPS) is 29.4. The lowest BCUT2D eigenvalue weighted by Crippen LogP contribution is -2.57. The molecule has 1 heterocycles. The maximum atomic E-state index is 11.9. The molecule has 2 atom stereocenters. The number of ether oxygens (including phenoxy) is 1. The molecule has 2 fully saturated rings. The maximum Gasteiger partial charge on any atom is 0.410 e. The summed E-state index contributed by atoms with van der Waals surface area (Å²) in [6.45, 7) is 6.10. The Hall–Kier alpha value is -1.06. The summed E-state index contributed by atoms with van der Waals surface area (Å²) in [7, 11) is 0. The highest BCUT2D eigenvalue weighted by atomic mass is 16.6. The largest absolute Gasteiger partial charge is 0.444 e. The molecule has 2 rings (SSSR count). The van der Waals surface area contributed by atoms with Gasteiger partial charge in [-0.2, -0.15) is 0 Å². The zero-order valence-electron chi connectivity index (χ0n) is 10.2. The van der Waals surface area contributed by atoms with Crippen LogP contribution in [0.5, 0.6) is 0 Å². The van der Waals surface area contributed by atoms with Crippen LogP contribution in [0, 0.1) is 5.92 Å². The minimum absolute atomic E-state index is 0.0845. The number of ketones is 1. The van der Waals surface area contributed by atoms with E-state index in [1.807, 2.05) is 20.8 Å². The second-order valence-electron chi connectivity index (χ2n) is 5.64. The van der Waals surface area contributed by atoms with Crippen molar-refractivity contribution in [2.24, 2.45) is 5.92 Å². The third-order valence-corrected chi connectivity index (χ3v) is 3.28. The van der Waals surface area contributed by atoms with E-state index in [1.54, 1.807) is 4.90 Å². The van der Waals surface area contributed by atoms with Gasteiger partial charge >= 0.3 is 6.09 Å². The zero-order valence-corrected chi connectivity index (χ0v) is 10.2. The minimum atomic E-state index is -0.461. The molecule has 4 heteroatoms. The summed E-state index contributed by atoms with van der Waals surface area (Å²) >= 11 is 0. The van der Waals surface area contributed by atoms with Crippen LogP contribution in [0.4, 0.5) is 4.79 Å². The van der Waals surface area contributed by atoms with Gasteiger partial charge in [0.15, 0.2) is 0 Å². The van der Waals surface area contributed by atoms with E-state index in [2.05, 4.69) is 0 Å². The van der Waals surface area contributed by atoms with E-state index in [-0.39, 0.29) is 18.1 Å². The number of piperidine rings is 1. The SMILES string of the molecule is CC(C)(C)OC(=O)N1CCC(=O)[C@@H]2CC[C@@H]21. The molecule has 0 N–H and O–H groups in total. The summed E-state index contributed by atoms with van der Waals surface area (Å²) in [5, 5.41) is 0. The highest BCUT2D eigenvalue weighted by Crippen LogP contribution is 2.37. The van der Waals surface area contributed by atoms with Crippen LogP contribution in [0.2, 0.25) is 0 Å². The van der Waals surface area contributed by atoms with Crippen molar-refractivity contribution >= 4 is 11.9 Å². The van der Waals surface area contributed by atoms with E-state index in [9.17, 15) is 9.59 Å². The van der Waals surface area contributed by atoms with Gasteiger partial charge in [0.05, 0.1) is 0 Å². The molecule has 0 radical (unpaired) electrons. The van der Waals surface area contributed by atoms with Gasteiger partial charge in [0.1, 0.15) is 11.4 Å². The number of nitrogens with zero attached hydrogens (tertiary/aromatic N) is 1. The van der Waals surface area contributed by atoms with Crippen LogP contribution < -0.4 is 0 Å². The number of rotatable bonds is 0. The Morgan fingerprint density at radius 2 is 2.06 bits per heavy atom. The second-order valence-corrected chi connectivity index (χ2v) is 5.64. The van der Waals surface area contributed by atoms with Gasteiger partial charge in [0.2, 0.25) is 0 Å². The predicted molar refractivity (Wildman–Crippen MR) is 59.1 cm³/mol. The fraction of sp³-hybridized carbons (Fsp3) is 0.833. The number of carbonyl (C=O) groups excluding carboxylic acids is 2. The van der Waals surface area contributed by atoms with Gasteiger partial charge in [0.25, 0.3) is 0 Å². The monoisotopic (exact) mass is 225 g/mol. The molecule has 1 amide bonds. The smallest absolute Gasteiger partial charge is 0.410 e. The van der Waals surface area contributed by atoms with Gasteiger partial charge in [-0.15, -0.1) is 0 Å². The Morgan fingerprint density at radius 1 is 1.38 bits per heavy atom. The highest BCUT2D eigenvalue weighted by molar-refractivity contribution is 5.85. The molecule has 1 aliphatic heterocycles. The zero-order chi connectivity index (χ0) is 11.9. The van der Waals surface area contributed by atoms with Gasteiger partial charge in [0, 0.05) is 24.9 Å². The van der Waals surface area contributed by atoms with Crippen molar-refractivity contribution in [1.82, 2.24) is 4.90 Å². The molecular weight excluding hydrogens is 206 g/mol. The predicted octanol–water partition coefficient (Wildman–Crippen LogP) is 1.97. The summed E-state index contributed by atoms with van der Waals surface area (Å²) < 4.78 is 5.34. The lowest BCUT2D eigenvalue weighted by atomic mass is 9.72. The molecule has 0 aromatic rings. The molecule has 1 saturated heterocycles. The second kappa shape index (κ2) is 3.75. The standard InChI is InChI=1S/C12H19NO3/c1-12(2,3)16-11(15)13-7-6-10(14)8-4-5-9(8)13/h8-9H,4-7H2,1-3H3/t8-,9+/m1/s1. The summed E-state index contributed by atoms with van der Waals surface area (Å²) in [4.78, 5) is 25.2. The summed E-state index contributed by atoms with van der Waals surface area (Å²) in [6.07, 6.45) is 2.09. The van der Waals surface area contributed by atoms with Crippen molar-refractivity contribution in [1.29, 1.82) is 0 Å². The third-order valence-electron chi connectivity index (χ3n) is 3.28. The van der Waals surface area contributed by atoms with Gasteiger partial charge < -0.3 is 9.64 Å². The number of amides is 1. The molecule has 0 aromatic heterocycles. The summed E-state index contributed by atoms with van der Waals surface area (Å²) in [6, 6.07) is 0.107. The molecule has 0 spiro atoms. The van der Waals surface area contributed by atoms with Crippen LogP contribution in [0.25, 0.3) is 0 Å². The van der Waals surface area contributed by atoms with Crippen LogP contribution in [0.1, 0.15) is 40.0 Å². The summed E-state index contributed by atoms with van der Waals surface area (Å²) in [5.41, 5.74) is -0.461. The lowest BCUT2D eigenvalue weighted by molar-refractivity contribution is -0.133. The van der Waals surface area contributed by atoms with Crippen molar-refractivity contribution in [2.45, 2.75) is 51.7 Å². The topological polar surface area (TPSA) is 46.6 Å². The Morgan fingerprint density at radius 3 is 2.56 bits per heavy atom. The number of hydrogen-bond acceptors (Lipinski definition) is 3. The van der Waals surface area contributed by atoms with Crippen LogP contribution in [-0.4, -0.2) is 35.0 Å². The first-order valence-electron chi connectivity index (χ1n) is 5.91. The number of fused-ring (bicyclic) bond motifs is 1. The molecule has 16 heavy (non-hydrogen) atoms. The molecule has 1 aliphatic carbocycles. The minimum Gasteiger partial charge on any atom is -0.444 e. The van der Waals surface area contributed by atoms with Gasteiger partial charge in [-0.05, 0) is 33.6 Å². The highest BCUT2D eigenvalue weighted by Gasteiger charge is 2.46. The molecular formula is C12H19NO3. The van der Waals surface area contributed by atoms with Crippen LogP contribution in [0.15, 0.2) is 0 Å². The van der Waals surface area contributed by atoms with E-state index < -0.39 is 5.60 Å². The maximum absolute atomic E-state index is 11.9. The first-order chi connectivity index (χ1) is 7.38. The van der Waals surface area contributed by atoms with E-state index in [0.717, 1.165) is 12.8 Å². The first kappa shape index (κ1) is 11.4. The molecule has 90 valence electrons. The first-order valence-corrected chi connectivity index (χ1v) is 5.91. The molecule has 1 saturated carbocycles. The number of hydrogen-bond donors (Lipinski definition) is 0. The third kappa shape index (κ3) is 2.06. The Kier molecular flexibility index (Phi) is 2.68. The van der Waals surface area contributed by atoms with E-state index >= 15 is 0 Å². The van der Waals surface area contributed by atoms with Crippen molar-refractivity contribution in [3.05, 3.63) is 0 Å². The van der Waals surface area contributed by atoms with E-state index in [0.29, 0.717) is 18.7 Å². The average Bonchev–Trinajstić information content (AvgIpc) is 2.04. The molecule has 4 nitrogen and oxygen atoms in total. The molecule has 2 aliphatic rings. The van der Waals surface area contributed by atoms with Crippen molar-refractivity contribution < 1.29 is 14.3 Å². The number of likely N-dealkylation sites (tertiary alicyclic amines) is 1. The Labute approximate surface area is 95.9 Å².